The Morgan fingerprint density at radius 3 is 2.70 bits per heavy atom. The van der Waals surface area contributed by atoms with Crippen LogP contribution in [0, 0.1) is 0 Å². The molecule has 0 unspecified atom stereocenters. The van der Waals surface area contributed by atoms with E-state index >= 15 is 0 Å². The Morgan fingerprint density at radius 2 is 2.00 bits per heavy atom. The molecule has 0 saturated heterocycles. The highest BCUT2D eigenvalue weighted by Crippen LogP contribution is 2.30. The van der Waals surface area contributed by atoms with Crippen molar-refractivity contribution in [1.82, 2.24) is 9.13 Å². The highest BCUT2D eigenvalue weighted by Gasteiger charge is 2.35. The first-order valence-electron chi connectivity index (χ1n) is 8.76. The molecule has 0 spiro atoms. The number of fused-ring (bicyclic) bond motifs is 1. The van der Waals surface area contributed by atoms with E-state index in [1.165, 1.54) is 19.2 Å². The topological polar surface area (TPSA) is 84.0 Å². The number of oxime groups is 1. The molecule has 0 radical (unpaired) electrons. The fraction of sp³-hybridized carbons (Fsp3) is 0.389. The van der Waals surface area contributed by atoms with Crippen LogP contribution in [0.1, 0.15) is 17.7 Å². The number of rotatable bonds is 5. The molecular formula is C18H18F3N3O5S. The van der Waals surface area contributed by atoms with Gasteiger partial charge in [-0.2, -0.15) is 13.2 Å². The number of halogens is 3. The Morgan fingerprint density at radius 1 is 1.23 bits per heavy atom. The standard InChI is InChI=1S/C18H18F3N3O5S/c1-23-15(18(19,20)21)10-16(25)24(17(23)26)11-3-4-14-12(9-11)13(5-6-29-30-14)22-28-8-7-27-2/h3-4,9-10H,5-8H2,1-2H3/b22-13+. The molecule has 0 atom stereocenters. The van der Waals surface area contributed by atoms with Gasteiger partial charge in [-0.3, -0.25) is 9.36 Å². The van der Waals surface area contributed by atoms with Gasteiger partial charge >= 0.3 is 11.9 Å². The average Bonchev–Trinajstić information content (AvgIpc) is 2.89. The molecule has 0 saturated carbocycles. The predicted molar refractivity (Wildman–Crippen MR) is 103 cm³/mol. The third-order valence-electron chi connectivity index (χ3n) is 4.27. The van der Waals surface area contributed by atoms with Crippen molar-refractivity contribution in [2.75, 3.05) is 26.9 Å². The number of alkyl halides is 3. The molecule has 0 bridgehead atoms. The van der Waals surface area contributed by atoms with Gasteiger partial charge in [0, 0.05) is 49.1 Å². The monoisotopic (exact) mass is 445 g/mol. The highest BCUT2D eigenvalue weighted by atomic mass is 32.2. The maximum atomic E-state index is 13.1. The average molecular weight is 445 g/mol. The predicted octanol–water partition coefficient (Wildman–Crippen LogP) is 2.35. The molecule has 0 N–H and O–H groups in total. The first-order valence-corrected chi connectivity index (χ1v) is 9.50. The second-order valence-electron chi connectivity index (χ2n) is 6.24. The van der Waals surface area contributed by atoms with E-state index in [4.69, 9.17) is 13.8 Å². The maximum Gasteiger partial charge on any atom is 0.431 e. The Balaban J connectivity index is 2.10. The number of ether oxygens (including phenoxy) is 1. The van der Waals surface area contributed by atoms with Crippen LogP contribution >= 0.6 is 12.0 Å². The molecule has 0 fully saturated rings. The van der Waals surface area contributed by atoms with Crippen LogP contribution in [0.5, 0.6) is 0 Å². The molecule has 30 heavy (non-hydrogen) atoms. The van der Waals surface area contributed by atoms with Crippen molar-refractivity contribution >= 4 is 17.8 Å². The second-order valence-corrected chi connectivity index (χ2v) is 7.08. The van der Waals surface area contributed by atoms with Crippen molar-refractivity contribution in [3.8, 4) is 5.69 Å². The molecule has 0 aliphatic carbocycles. The van der Waals surface area contributed by atoms with Crippen LogP contribution in [0.3, 0.4) is 0 Å². The lowest BCUT2D eigenvalue weighted by Crippen LogP contribution is -2.40. The second kappa shape index (κ2) is 9.06. The Hall–Kier alpha value is -2.57. The summed E-state index contributed by atoms with van der Waals surface area (Å²) in [4.78, 5) is 30.8. The summed E-state index contributed by atoms with van der Waals surface area (Å²) in [5.74, 6) is 0. The van der Waals surface area contributed by atoms with Gasteiger partial charge in [0.2, 0.25) is 0 Å². The SMILES string of the molecule is COCCO/N=C1\CCOSc2ccc(-n3c(=O)cc(C(F)(F)F)n(C)c3=O)cc21. The lowest BCUT2D eigenvalue weighted by Gasteiger charge is -2.15. The number of aromatic nitrogens is 2. The molecular weight excluding hydrogens is 427 g/mol. The van der Waals surface area contributed by atoms with Crippen LogP contribution < -0.4 is 11.2 Å². The van der Waals surface area contributed by atoms with E-state index in [0.717, 1.165) is 19.1 Å². The van der Waals surface area contributed by atoms with E-state index in [-0.39, 0.29) is 12.3 Å². The van der Waals surface area contributed by atoms with E-state index in [9.17, 15) is 22.8 Å². The van der Waals surface area contributed by atoms with E-state index < -0.39 is 23.1 Å². The van der Waals surface area contributed by atoms with Gasteiger partial charge in [-0.1, -0.05) is 5.16 Å². The van der Waals surface area contributed by atoms with Crippen molar-refractivity contribution in [3.63, 3.8) is 0 Å². The zero-order chi connectivity index (χ0) is 21.9. The minimum Gasteiger partial charge on any atom is -0.393 e. The van der Waals surface area contributed by atoms with Crippen LogP contribution in [0.15, 0.2) is 43.9 Å². The molecule has 1 aromatic heterocycles. The van der Waals surface area contributed by atoms with Gasteiger partial charge < -0.3 is 13.8 Å². The van der Waals surface area contributed by atoms with Crippen LogP contribution in [0.25, 0.3) is 5.69 Å². The fourth-order valence-corrected chi connectivity index (χ4v) is 3.49. The Bertz CT molecular complexity index is 1080. The van der Waals surface area contributed by atoms with Crippen molar-refractivity contribution in [2.45, 2.75) is 17.5 Å². The molecule has 162 valence electrons. The molecule has 2 aromatic rings. The fourth-order valence-electron chi connectivity index (χ4n) is 2.81. The van der Waals surface area contributed by atoms with Gasteiger partial charge in [-0.25, -0.2) is 9.36 Å². The number of hydrogen-bond acceptors (Lipinski definition) is 7. The lowest BCUT2D eigenvalue weighted by molar-refractivity contribution is -0.144. The quantitative estimate of drug-likeness (QED) is 0.399. The van der Waals surface area contributed by atoms with Crippen molar-refractivity contribution in [2.24, 2.45) is 12.2 Å². The van der Waals surface area contributed by atoms with Gasteiger partial charge in [-0.15, -0.1) is 0 Å². The molecule has 12 heteroatoms. The summed E-state index contributed by atoms with van der Waals surface area (Å²) in [7, 11) is 2.49. The Labute approximate surface area is 173 Å². The zero-order valence-electron chi connectivity index (χ0n) is 16.1. The maximum absolute atomic E-state index is 13.1. The van der Waals surface area contributed by atoms with Gasteiger partial charge in [0.1, 0.15) is 12.3 Å². The largest absolute Gasteiger partial charge is 0.431 e. The molecule has 2 heterocycles. The van der Waals surface area contributed by atoms with Gasteiger partial charge in [0.05, 0.1) is 24.6 Å². The smallest absolute Gasteiger partial charge is 0.393 e. The molecule has 3 rings (SSSR count). The molecule has 1 aliphatic rings. The number of methoxy groups -OCH3 is 1. The first-order chi connectivity index (χ1) is 14.2. The summed E-state index contributed by atoms with van der Waals surface area (Å²) < 4.78 is 50.6. The third-order valence-corrected chi connectivity index (χ3v) is 5.09. The normalized spacial score (nSPS) is 15.7. The van der Waals surface area contributed by atoms with Crippen LogP contribution in [0.2, 0.25) is 0 Å². The van der Waals surface area contributed by atoms with Crippen LogP contribution in [-0.2, 0) is 27.0 Å². The number of hydrogen-bond donors (Lipinski definition) is 0. The number of benzene rings is 1. The summed E-state index contributed by atoms with van der Waals surface area (Å²) in [6, 6.07) is 4.97. The highest BCUT2D eigenvalue weighted by molar-refractivity contribution is 7.94. The summed E-state index contributed by atoms with van der Waals surface area (Å²) in [6.45, 7) is 0.914. The van der Waals surface area contributed by atoms with Crippen molar-refractivity contribution in [1.29, 1.82) is 0 Å². The Kier molecular flexibility index (Phi) is 6.68. The molecule has 1 aliphatic heterocycles. The number of nitrogens with zero attached hydrogens (tertiary/aromatic N) is 3. The summed E-state index contributed by atoms with van der Waals surface area (Å²) >= 11 is 1.10. The van der Waals surface area contributed by atoms with Gasteiger partial charge in [-0.05, 0) is 18.2 Å². The van der Waals surface area contributed by atoms with Crippen molar-refractivity contribution < 1.29 is 26.9 Å². The van der Waals surface area contributed by atoms with Crippen molar-refractivity contribution in [3.05, 3.63) is 56.4 Å². The van der Waals surface area contributed by atoms with E-state index in [1.807, 2.05) is 0 Å². The molecule has 1 aromatic carbocycles. The zero-order valence-corrected chi connectivity index (χ0v) is 16.9. The summed E-state index contributed by atoms with van der Waals surface area (Å²) in [5.41, 5.74) is -2.33. The third kappa shape index (κ3) is 4.60. The minimum absolute atomic E-state index is 0.111. The first kappa shape index (κ1) is 22.1. The summed E-state index contributed by atoms with van der Waals surface area (Å²) in [5, 5.41) is 4.09. The summed E-state index contributed by atoms with van der Waals surface area (Å²) in [6.07, 6.45) is -4.43. The van der Waals surface area contributed by atoms with E-state index in [2.05, 4.69) is 5.16 Å². The molecule has 0 amide bonds. The van der Waals surface area contributed by atoms with E-state index in [0.29, 0.717) is 51.0 Å². The molecule has 8 nitrogen and oxygen atoms in total. The lowest BCUT2D eigenvalue weighted by atomic mass is 10.1. The minimum atomic E-state index is -4.83. The van der Waals surface area contributed by atoms with Crippen LogP contribution in [-0.4, -0.2) is 41.8 Å². The van der Waals surface area contributed by atoms with Gasteiger partial charge in [0.25, 0.3) is 5.56 Å². The van der Waals surface area contributed by atoms with E-state index in [1.54, 1.807) is 6.07 Å². The van der Waals surface area contributed by atoms with Crippen LogP contribution in [0.4, 0.5) is 13.2 Å². The van der Waals surface area contributed by atoms with Gasteiger partial charge in [0.15, 0.2) is 0 Å².